The Morgan fingerprint density at radius 2 is 1.35 bits per heavy atom. The molecule has 0 aliphatic rings. The molecule has 0 atom stereocenters. The molecule has 3 N–H and O–H groups in total. The Hall–Kier alpha value is -3.29. The molecule has 140 valence electrons. The molecule has 8 nitrogen and oxygen atoms in total. The lowest BCUT2D eigenvalue weighted by Crippen LogP contribution is -2.09. The molecule has 2 rings (SSSR count). The van der Waals surface area contributed by atoms with Crippen molar-refractivity contribution >= 4 is 11.4 Å². The highest BCUT2D eigenvalue weighted by molar-refractivity contribution is 6.15. The van der Waals surface area contributed by atoms with Crippen LogP contribution in [0.15, 0.2) is 29.4 Å². The van der Waals surface area contributed by atoms with Gasteiger partial charge < -0.3 is 34.6 Å². The summed E-state index contributed by atoms with van der Waals surface area (Å²) in [5, 5.41) is 13.1. The van der Waals surface area contributed by atoms with Gasteiger partial charge in [0.05, 0.1) is 35.5 Å². The Bertz CT molecular complexity index is 795. The predicted octanol–water partition coefficient (Wildman–Crippen LogP) is 2.54. The van der Waals surface area contributed by atoms with Crippen molar-refractivity contribution in [1.29, 1.82) is 0 Å². The Labute approximate surface area is 151 Å². The maximum absolute atomic E-state index is 9.67. The first-order valence-electron chi connectivity index (χ1n) is 7.59. The van der Waals surface area contributed by atoms with Gasteiger partial charge in [0.2, 0.25) is 5.75 Å². The van der Waals surface area contributed by atoms with Gasteiger partial charge in [-0.25, -0.2) is 0 Å². The average Bonchev–Trinajstić information content (AvgIpc) is 2.67. The Morgan fingerprint density at radius 1 is 0.808 bits per heavy atom. The molecule has 0 aliphatic heterocycles. The minimum atomic E-state index is 0.218. The maximum Gasteiger partial charge on any atom is 0.203 e. The number of oxime groups is 1. The van der Waals surface area contributed by atoms with Crippen molar-refractivity contribution in [2.75, 3.05) is 41.3 Å². The van der Waals surface area contributed by atoms with Crippen LogP contribution in [-0.4, -0.2) is 46.5 Å². The molecule has 0 aliphatic carbocycles. The van der Waals surface area contributed by atoms with Gasteiger partial charge in [0.15, 0.2) is 17.2 Å². The van der Waals surface area contributed by atoms with Crippen molar-refractivity contribution < 1.29 is 28.9 Å². The molecular weight excluding hydrogens is 340 g/mol. The van der Waals surface area contributed by atoms with Crippen molar-refractivity contribution in [2.24, 2.45) is 5.16 Å². The van der Waals surface area contributed by atoms with Crippen molar-refractivity contribution in [2.45, 2.75) is 0 Å². The van der Waals surface area contributed by atoms with Crippen LogP contribution in [0.2, 0.25) is 0 Å². The van der Waals surface area contributed by atoms with E-state index in [0.717, 1.165) is 0 Å². The van der Waals surface area contributed by atoms with Crippen molar-refractivity contribution in [3.8, 4) is 28.7 Å². The van der Waals surface area contributed by atoms with Crippen LogP contribution < -0.4 is 29.4 Å². The standard InChI is InChI=1S/C18H22N2O6/c1-22-12-7-6-11(17(25-4)15(12)19)16(20-21)10-8-13(23-2)18(26-5)14(9-10)24-3/h6-9,21H,19H2,1-5H3/b20-16+. The normalized spacial score (nSPS) is 11.0. The summed E-state index contributed by atoms with van der Waals surface area (Å²) in [5.41, 5.74) is 7.58. The van der Waals surface area contributed by atoms with E-state index in [4.69, 9.17) is 29.4 Å². The third-order valence-electron chi connectivity index (χ3n) is 3.87. The summed E-state index contributed by atoms with van der Waals surface area (Å²) < 4.78 is 26.6. The molecule has 0 saturated heterocycles. The molecule has 0 unspecified atom stereocenters. The van der Waals surface area contributed by atoms with Gasteiger partial charge in [-0.3, -0.25) is 0 Å². The van der Waals surface area contributed by atoms with Crippen LogP contribution in [0.5, 0.6) is 28.7 Å². The highest BCUT2D eigenvalue weighted by Gasteiger charge is 2.22. The Morgan fingerprint density at radius 3 is 1.77 bits per heavy atom. The van der Waals surface area contributed by atoms with E-state index >= 15 is 0 Å². The lowest BCUT2D eigenvalue weighted by atomic mass is 9.99. The molecule has 0 bridgehead atoms. The van der Waals surface area contributed by atoms with Gasteiger partial charge in [-0.1, -0.05) is 5.16 Å². The van der Waals surface area contributed by atoms with Crippen LogP contribution in [-0.2, 0) is 0 Å². The number of anilines is 1. The van der Waals surface area contributed by atoms with E-state index in [1.54, 1.807) is 24.3 Å². The quantitative estimate of drug-likeness (QED) is 0.337. The van der Waals surface area contributed by atoms with Gasteiger partial charge in [0.1, 0.15) is 17.1 Å². The van der Waals surface area contributed by atoms with Crippen molar-refractivity contribution in [3.63, 3.8) is 0 Å². The van der Waals surface area contributed by atoms with Crippen LogP contribution in [0.3, 0.4) is 0 Å². The number of nitrogens with zero attached hydrogens (tertiary/aromatic N) is 1. The van der Waals surface area contributed by atoms with Crippen LogP contribution in [0.4, 0.5) is 5.69 Å². The second-order valence-electron chi connectivity index (χ2n) is 5.12. The highest BCUT2D eigenvalue weighted by atomic mass is 16.5. The second-order valence-corrected chi connectivity index (χ2v) is 5.12. The third-order valence-corrected chi connectivity index (χ3v) is 3.87. The number of hydrogen-bond acceptors (Lipinski definition) is 8. The summed E-state index contributed by atoms with van der Waals surface area (Å²) in [7, 11) is 7.49. The zero-order valence-electron chi connectivity index (χ0n) is 15.3. The van der Waals surface area contributed by atoms with Crippen LogP contribution in [0, 0.1) is 0 Å². The van der Waals surface area contributed by atoms with E-state index < -0.39 is 0 Å². The number of benzene rings is 2. The first-order valence-corrected chi connectivity index (χ1v) is 7.59. The van der Waals surface area contributed by atoms with Gasteiger partial charge in [0.25, 0.3) is 0 Å². The monoisotopic (exact) mass is 362 g/mol. The first-order chi connectivity index (χ1) is 12.6. The molecule has 0 heterocycles. The summed E-state index contributed by atoms with van der Waals surface area (Å²) >= 11 is 0. The summed E-state index contributed by atoms with van der Waals surface area (Å²) in [4.78, 5) is 0. The predicted molar refractivity (Wildman–Crippen MR) is 97.5 cm³/mol. The summed E-state index contributed by atoms with van der Waals surface area (Å²) in [6, 6.07) is 6.68. The molecule has 0 radical (unpaired) electrons. The third kappa shape index (κ3) is 3.26. The van der Waals surface area contributed by atoms with Gasteiger partial charge >= 0.3 is 0 Å². The van der Waals surface area contributed by atoms with E-state index in [0.29, 0.717) is 45.6 Å². The summed E-state index contributed by atoms with van der Waals surface area (Å²) in [5.74, 6) is 2.04. The Kier molecular flexibility index (Phi) is 6.00. The molecule has 2 aromatic rings. The Balaban J connectivity index is 2.69. The van der Waals surface area contributed by atoms with Crippen LogP contribution in [0.25, 0.3) is 0 Å². The molecule has 0 aromatic heterocycles. The molecule has 2 aromatic carbocycles. The molecule has 0 amide bonds. The minimum Gasteiger partial charge on any atom is -0.494 e. The van der Waals surface area contributed by atoms with E-state index in [-0.39, 0.29) is 5.71 Å². The zero-order valence-corrected chi connectivity index (χ0v) is 15.3. The van der Waals surface area contributed by atoms with Crippen LogP contribution in [0.1, 0.15) is 11.1 Å². The molecule has 0 saturated carbocycles. The lowest BCUT2D eigenvalue weighted by Gasteiger charge is -2.17. The molecular formula is C18H22N2O6. The topological polar surface area (TPSA) is 105 Å². The smallest absolute Gasteiger partial charge is 0.203 e. The van der Waals surface area contributed by atoms with Gasteiger partial charge in [-0.15, -0.1) is 0 Å². The average molecular weight is 362 g/mol. The maximum atomic E-state index is 9.67. The SMILES string of the molecule is COc1ccc(/C(=N/O)c2cc(OC)c(OC)c(OC)c2)c(OC)c1N. The fourth-order valence-electron chi connectivity index (χ4n) is 2.65. The molecule has 0 spiro atoms. The highest BCUT2D eigenvalue weighted by Crippen LogP contribution is 2.41. The number of rotatable bonds is 7. The van der Waals surface area contributed by atoms with Gasteiger partial charge in [-0.05, 0) is 24.3 Å². The second kappa shape index (κ2) is 8.19. The fourth-order valence-corrected chi connectivity index (χ4v) is 2.65. The van der Waals surface area contributed by atoms with E-state index in [2.05, 4.69) is 5.16 Å². The zero-order chi connectivity index (χ0) is 19.3. The van der Waals surface area contributed by atoms with Crippen molar-refractivity contribution in [1.82, 2.24) is 0 Å². The number of ether oxygens (including phenoxy) is 5. The van der Waals surface area contributed by atoms with E-state index in [1.807, 2.05) is 0 Å². The number of nitrogens with two attached hydrogens (primary N) is 1. The molecule has 8 heteroatoms. The lowest BCUT2D eigenvalue weighted by molar-refractivity contribution is 0.318. The van der Waals surface area contributed by atoms with Crippen LogP contribution >= 0.6 is 0 Å². The van der Waals surface area contributed by atoms with E-state index in [9.17, 15) is 5.21 Å². The molecule has 0 fully saturated rings. The largest absolute Gasteiger partial charge is 0.494 e. The minimum absolute atomic E-state index is 0.218. The number of nitrogen functional groups attached to an aromatic ring is 1. The van der Waals surface area contributed by atoms with Gasteiger partial charge in [-0.2, -0.15) is 0 Å². The fraction of sp³-hybridized carbons (Fsp3) is 0.278. The summed E-state index contributed by atoms with van der Waals surface area (Å²) in [6.45, 7) is 0. The number of hydrogen-bond donors (Lipinski definition) is 2. The van der Waals surface area contributed by atoms with Crippen molar-refractivity contribution in [3.05, 3.63) is 35.4 Å². The number of methoxy groups -OCH3 is 5. The molecule has 26 heavy (non-hydrogen) atoms. The van der Waals surface area contributed by atoms with E-state index in [1.165, 1.54) is 35.5 Å². The van der Waals surface area contributed by atoms with Gasteiger partial charge in [0, 0.05) is 11.1 Å². The summed E-state index contributed by atoms with van der Waals surface area (Å²) in [6.07, 6.45) is 0. The first kappa shape index (κ1) is 19.0.